The molecule has 3 atom stereocenters. The van der Waals surface area contributed by atoms with Crippen molar-refractivity contribution in [2.24, 2.45) is 0 Å². The van der Waals surface area contributed by atoms with Crippen molar-refractivity contribution < 1.29 is 37.0 Å². The van der Waals surface area contributed by atoms with Gasteiger partial charge >= 0.3 is 12.2 Å². The summed E-state index contributed by atoms with van der Waals surface area (Å²) in [5, 5.41) is 4.71. The van der Waals surface area contributed by atoms with Gasteiger partial charge in [0.05, 0.1) is 18.3 Å². The summed E-state index contributed by atoms with van der Waals surface area (Å²) in [6, 6.07) is 2.08. The zero-order valence-corrected chi connectivity index (χ0v) is 22.5. The van der Waals surface area contributed by atoms with Gasteiger partial charge < -0.3 is 24.4 Å². The van der Waals surface area contributed by atoms with Gasteiger partial charge in [-0.05, 0) is 51.8 Å². The Morgan fingerprint density at radius 1 is 1.30 bits per heavy atom. The Bertz CT molecular complexity index is 1310. The number of ether oxygens (including phenoxy) is 3. The fraction of sp³-hybridized carbons (Fsp3) is 0.538. The molecule has 2 aromatic rings. The molecule has 2 N–H and O–H groups in total. The van der Waals surface area contributed by atoms with Crippen LogP contribution in [0.25, 0.3) is 0 Å². The number of urea groups is 1. The summed E-state index contributed by atoms with van der Waals surface area (Å²) in [7, 11) is 0. The van der Waals surface area contributed by atoms with E-state index in [-0.39, 0.29) is 36.1 Å². The maximum Gasteiger partial charge on any atom is 0.408 e. The number of carbonyl (C=O) groups excluding carboxylic acids is 2. The molecule has 3 aliphatic heterocycles. The van der Waals surface area contributed by atoms with Crippen LogP contribution >= 0.6 is 0 Å². The normalized spacial score (nSPS) is 22.1. The number of fused-ring (bicyclic) bond motifs is 4. The zero-order valence-electron chi connectivity index (χ0n) is 22.5. The van der Waals surface area contributed by atoms with E-state index in [4.69, 9.17) is 14.2 Å². The summed E-state index contributed by atoms with van der Waals surface area (Å²) in [6.07, 6.45) is -2.69. The molecular formula is C26H31F3N6O5. The predicted molar refractivity (Wildman–Crippen MR) is 139 cm³/mol. The number of hydrogen-bond donors (Lipinski definition) is 2. The first-order valence-electron chi connectivity index (χ1n) is 13.0. The lowest BCUT2D eigenvalue weighted by Crippen LogP contribution is -2.49. The van der Waals surface area contributed by atoms with Crippen molar-refractivity contribution in [1.82, 2.24) is 15.3 Å². The van der Waals surface area contributed by atoms with Crippen LogP contribution < -0.4 is 25.2 Å². The van der Waals surface area contributed by atoms with Crippen molar-refractivity contribution in [3.63, 3.8) is 0 Å². The molecule has 2 saturated heterocycles. The lowest BCUT2D eigenvalue weighted by Gasteiger charge is -2.36. The van der Waals surface area contributed by atoms with E-state index in [1.54, 1.807) is 25.1 Å². The SMILES string of the molecule is Cc1cc2c(nc1C(=O)NC(C)C(F)(F)F)N(C(=O)Nc1cc(OC[C@H]3COC(C)(C)O3)ccn1)[C@H]1CCN2C1. The van der Waals surface area contributed by atoms with E-state index in [1.165, 1.54) is 11.1 Å². The van der Waals surface area contributed by atoms with Crippen LogP contribution in [0.4, 0.5) is 35.3 Å². The van der Waals surface area contributed by atoms with Crippen molar-refractivity contribution in [2.45, 2.75) is 64.3 Å². The van der Waals surface area contributed by atoms with Crippen LogP contribution in [0.5, 0.6) is 5.75 Å². The van der Waals surface area contributed by atoms with Crippen LogP contribution in [0.2, 0.25) is 0 Å². The molecule has 3 amide bonds. The number of nitrogens with one attached hydrogen (secondary N) is 2. The zero-order chi connectivity index (χ0) is 28.8. The third-order valence-electron chi connectivity index (χ3n) is 7.01. The van der Waals surface area contributed by atoms with Crippen molar-refractivity contribution in [3.8, 4) is 5.75 Å². The summed E-state index contributed by atoms with van der Waals surface area (Å²) >= 11 is 0. The second-order valence-electron chi connectivity index (χ2n) is 10.6. The minimum absolute atomic E-state index is 0.176. The number of pyridine rings is 2. The highest BCUT2D eigenvalue weighted by molar-refractivity contribution is 6.05. The van der Waals surface area contributed by atoms with Crippen LogP contribution in [-0.2, 0) is 9.47 Å². The smallest absolute Gasteiger partial charge is 0.408 e. The molecule has 2 bridgehead atoms. The lowest BCUT2D eigenvalue weighted by molar-refractivity contribution is -0.149. The number of hydrogen-bond acceptors (Lipinski definition) is 8. The molecule has 5 rings (SSSR count). The van der Waals surface area contributed by atoms with E-state index >= 15 is 0 Å². The average Bonchev–Trinajstić information content (AvgIpc) is 3.45. The van der Waals surface area contributed by atoms with E-state index in [9.17, 15) is 22.8 Å². The van der Waals surface area contributed by atoms with Gasteiger partial charge in [0.2, 0.25) is 0 Å². The Hall–Kier alpha value is -3.65. The summed E-state index contributed by atoms with van der Waals surface area (Å²) in [5.41, 5.74) is 0.862. The summed E-state index contributed by atoms with van der Waals surface area (Å²) in [5.74, 6) is -0.732. The highest BCUT2D eigenvalue weighted by Gasteiger charge is 2.42. The molecule has 3 aliphatic rings. The first-order valence-corrected chi connectivity index (χ1v) is 13.0. The number of nitrogens with zero attached hydrogens (tertiary/aromatic N) is 4. The van der Waals surface area contributed by atoms with E-state index in [0.717, 1.165) is 6.92 Å². The Morgan fingerprint density at radius 3 is 2.77 bits per heavy atom. The molecule has 0 saturated carbocycles. The second-order valence-corrected chi connectivity index (χ2v) is 10.6. The number of rotatable bonds is 6. The molecule has 0 spiro atoms. The number of anilines is 3. The minimum Gasteiger partial charge on any atom is -0.491 e. The Balaban J connectivity index is 1.34. The van der Waals surface area contributed by atoms with Gasteiger partial charge in [0.1, 0.15) is 36.0 Å². The third-order valence-corrected chi connectivity index (χ3v) is 7.01. The van der Waals surface area contributed by atoms with E-state index in [2.05, 4.69) is 15.3 Å². The molecule has 0 aliphatic carbocycles. The fourth-order valence-electron chi connectivity index (χ4n) is 4.96. The number of aryl methyl sites for hydroxylation is 1. The highest BCUT2D eigenvalue weighted by Crippen LogP contribution is 2.40. The highest BCUT2D eigenvalue weighted by atomic mass is 19.4. The molecule has 5 heterocycles. The second kappa shape index (κ2) is 10.4. The first-order chi connectivity index (χ1) is 18.8. The topological polar surface area (TPSA) is 118 Å². The summed E-state index contributed by atoms with van der Waals surface area (Å²) < 4.78 is 56.2. The van der Waals surface area contributed by atoms with Crippen LogP contribution in [-0.4, -0.2) is 78.4 Å². The maximum atomic E-state index is 13.5. The first kappa shape index (κ1) is 27.9. The standard InChI is InChI=1S/C26H31F3N6O5/c1-14-9-19-22(33-21(14)23(36)31-15(2)26(27,28)29)35(16-6-8-34(19)11-16)24(37)32-20-10-17(5-7-30-20)38-12-18-13-39-25(3,4)40-18/h5,7,9-10,15-16,18H,6,8,11-13H2,1-4H3,(H,31,36)(H,30,32,37)/t15?,16-,18-/m0/s1. The predicted octanol–water partition coefficient (Wildman–Crippen LogP) is 3.63. The van der Waals surface area contributed by atoms with Crippen LogP contribution in [0.3, 0.4) is 0 Å². The van der Waals surface area contributed by atoms with Gasteiger partial charge in [-0.3, -0.25) is 15.0 Å². The van der Waals surface area contributed by atoms with Gasteiger partial charge in [0.25, 0.3) is 5.91 Å². The number of amides is 3. The number of alkyl halides is 3. The van der Waals surface area contributed by atoms with Crippen LogP contribution in [0.1, 0.15) is 43.2 Å². The van der Waals surface area contributed by atoms with Gasteiger partial charge in [0, 0.05) is 25.4 Å². The molecule has 2 aromatic heterocycles. The molecule has 40 heavy (non-hydrogen) atoms. The van der Waals surface area contributed by atoms with Crippen LogP contribution in [0, 0.1) is 6.92 Å². The molecule has 1 unspecified atom stereocenters. The molecular weight excluding hydrogens is 533 g/mol. The molecule has 0 radical (unpaired) electrons. The molecule has 0 aromatic carbocycles. The Morgan fingerprint density at radius 2 is 2.08 bits per heavy atom. The largest absolute Gasteiger partial charge is 0.491 e. The van der Waals surface area contributed by atoms with Crippen molar-refractivity contribution in [3.05, 3.63) is 35.7 Å². The number of aromatic nitrogens is 2. The van der Waals surface area contributed by atoms with E-state index in [1.807, 2.05) is 24.1 Å². The minimum atomic E-state index is -4.60. The Kier molecular flexibility index (Phi) is 7.25. The molecule has 216 valence electrons. The van der Waals surface area contributed by atoms with Crippen molar-refractivity contribution >= 4 is 29.3 Å². The van der Waals surface area contributed by atoms with Crippen molar-refractivity contribution in [1.29, 1.82) is 0 Å². The van der Waals surface area contributed by atoms with Gasteiger partial charge in [-0.1, -0.05) is 0 Å². The van der Waals surface area contributed by atoms with Gasteiger partial charge in [-0.15, -0.1) is 0 Å². The summed E-state index contributed by atoms with van der Waals surface area (Å²) in [6.45, 7) is 7.99. The number of halogens is 3. The Labute approximate surface area is 229 Å². The molecule has 2 fully saturated rings. The van der Waals surface area contributed by atoms with E-state index < -0.39 is 29.9 Å². The summed E-state index contributed by atoms with van der Waals surface area (Å²) in [4.78, 5) is 38.4. The van der Waals surface area contributed by atoms with Gasteiger partial charge in [-0.25, -0.2) is 14.8 Å². The molecule has 11 nitrogen and oxygen atoms in total. The quantitative estimate of drug-likeness (QED) is 0.546. The van der Waals surface area contributed by atoms with Crippen molar-refractivity contribution in [2.75, 3.05) is 41.4 Å². The average molecular weight is 565 g/mol. The van der Waals surface area contributed by atoms with Gasteiger partial charge in [-0.2, -0.15) is 13.2 Å². The fourth-order valence-corrected chi connectivity index (χ4v) is 4.96. The van der Waals surface area contributed by atoms with Crippen LogP contribution in [0.15, 0.2) is 24.4 Å². The van der Waals surface area contributed by atoms with Gasteiger partial charge in [0.15, 0.2) is 11.6 Å². The monoisotopic (exact) mass is 564 g/mol. The maximum absolute atomic E-state index is 13.5. The third kappa shape index (κ3) is 5.77. The lowest BCUT2D eigenvalue weighted by atomic mass is 10.1. The number of carbonyl (C=O) groups is 2. The molecule has 14 heteroatoms. The van der Waals surface area contributed by atoms with E-state index in [0.29, 0.717) is 43.1 Å².